The number of hydrogen-bond donors (Lipinski definition) is 1. The van der Waals surface area contributed by atoms with Crippen LogP contribution in [-0.4, -0.2) is 24.4 Å². The van der Waals surface area contributed by atoms with E-state index in [-0.39, 0.29) is 6.42 Å². The zero-order chi connectivity index (χ0) is 10.6. The second-order valence-corrected chi connectivity index (χ2v) is 3.22. The lowest BCUT2D eigenvalue weighted by atomic mass is 10.1. The molecular weight excluding hydrogens is 183 g/mol. The zero-order valence-corrected chi connectivity index (χ0v) is 8.06. The first-order chi connectivity index (χ1) is 5.79. The van der Waals surface area contributed by atoms with Crippen LogP contribution in [0.2, 0.25) is 0 Å². The molecule has 0 aromatic heterocycles. The van der Waals surface area contributed by atoms with Gasteiger partial charge in [-0.15, -0.1) is 0 Å². The van der Waals surface area contributed by atoms with Crippen molar-refractivity contribution < 1.29 is 17.9 Å². The Labute approximate surface area is 76.2 Å². The highest BCUT2D eigenvalue weighted by Gasteiger charge is 2.44. The third-order valence-corrected chi connectivity index (χ3v) is 1.60. The number of ether oxygens (including phenoxy) is 1. The lowest BCUT2D eigenvalue weighted by Crippen LogP contribution is -2.47. The highest BCUT2D eigenvalue weighted by molar-refractivity contribution is 4.79. The summed E-state index contributed by atoms with van der Waals surface area (Å²) in [5, 5.41) is 0. The molecule has 2 nitrogen and oxygen atoms in total. The molecule has 0 saturated heterocycles. The van der Waals surface area contributed by atoms with Gasteiger partial charge in [-0.1, -0.05) is 6.92 Å². The number of rotatable bonds is 4. The van der Waals surface area contributed by atoms with Gasteiger partial charge in [0, 0.05) is 6.04 Å². The van der Waals surface area contributed by atoms with Gasteiger partial charge in [-0.2, -0.15) is 13.2 Å². The van der Waals surface area contributed by atoms with Crippen molar-refractivity contribution in [2.24, 2.45) is 5.73 Å². The summed E-state index contributed by atoms with van der Waals surface area (Å²) >= 11 is 0. The Morgan fingerprint density at radius 1 is 1.31 bits per heavy atom. The Balaban J connectivity index is 4.37. The van der Waals surface area contributed by atoms with E-state index in [2.05, 4.69) is 0 Å². The fourth-order valence-electron chi connectivity index (χ4n) is 0.928. The molecule has 5 heteroatoms. The fraction of sp³-hybridized carbons (Fsp3) is 1.00. The van der Waals surface area contributed by atoms with Gasteiger partial charge >= 0.3 is 6.18 Å². The number of nitrogens with two attached hydrogens (primary N) is 1. The summed E-state index contributed by atoms with van der Waals surface area (Å²) in [6.45, 7) is 4.72. The molecule has 13 heavy (non-hydrogen) atoms. The predicted molar refractivity (Wildman–Crippen MR) is 44.3 cm³/mol. The summed E-state index contributed by atoms with van der Waals surface area (Å²) < 4.78 is 41.7. The Hall–Kier alpha value is -0.290. The number of halogens is 3. The maximum atomic E-state index is 12.3. The van der Waals surface area contributed by atoms with Crippen LogP contribution in [0.5, 0.6) is 0 Å². The van der Waals surface area contributed by atoms with Gasteiger partial charge in [0.05, 0.1) is 6.10 Å². The first-order valence-corrected chi connectivity index (χ1v) is 4.26. The zero-order valence-electron chi connectivity index (χ0n) is 8.06. The molecule has 0 aliphatic rings. The molecule has 2 N–H and O–H groups in total. The lowest BCUT2D eigenvalue weighted by molar-refractivity contribution is -0.235. The fourth-order valence-corrected chi connectivity index (χ4v) is 0.928. The summed E-state index contributed by atoms with van der Waals surface area (Å²) in [6, 6.07) is -0.984. The second-order valence-electron chi connectivity index (χ2n) is 3.22. The molecule has 0 aromatic rings. The standard InChI is InChI=1S/C8H16F3NO/c1-4-6(12)7(8(9,10)11)13-5(2)3/h5-7H,4,12H2,1-3H3. The lowest BCUT2D eigenvalue weighted by Gasteiger charge is -2.27. The molecule has 0 rings (SSSR count). The summed E-state index contributed by atoms with van der Waals surface area (Å²) in [6.07, 6.45) is -6.45. The van der Waals surface area contributed by atoms with Gasteiger partial charge < -0.3 is 10.5 Å². The largest absolute Gasteiger partial charge is 0.416 e. The molecule has 80 valence electrons. The Morgan fingerprint density at radius 3 is 2.00 bits per heavy atom. The van der Waals surface area contributed by atoms with Crippen LogP contribution in [0.3, 0.4) is 0 Å². The minimum Gasteiger partial charge on any atom is -0.364 e. The summed E-state index contributed by atoms with van der Waals surface area (Å²) in [4.78, 5) is 0. The highest BCUT2D eigenvalue weighted by atomic mass is 19.4. The van der Waals surface area contributed by atoms with Gasteiger partial charge in [-0.05, 0) is 20.3 Å². The van der Waals surface area contributed by atoms with Gasteiger partial charge in [0.25, 0.3) is 0 Å². The number of alkyl halides is 3. The minimum absolute atomic E-state index is 0.247. The molecule has 0 bridgehead atoms. The van der Waals surface area contributed by atoms with Gasteiger partial charge in [0.1, 0.15) is 0 Å². The average molecular weight is 199 g/mol. The van der Waals surface area contributed by atoms with Crippen molar-refractivity contribution >= 4 is 0 Å². The van der Waals surface area contributed by atoms with Crippen LogP contribution in [0, 0.1) is 0 Å². The monoisotopic (exact) mass is 199 g/mol. The highest BCUT2D eigenvalue weighted by Crippen LogP contribution is 2.26. The molecule has 0 amide bonds. The quantitative estimate of drug-likeness (QED) is 0.752. The van der Waals surface area contributed by atoms with E-state index in [1.54, 1.807) is 20.8 Å². The van der Waals surface area contributed by atoms with Gasteiger partial charge in [0.15, 0.2) is 6.10 Å². The maximum absolute atomic E-state index is 12.3. The smallest absolute Gasteiger partial charge is 0.364 e. The minimum atomic E-state index is -4.38. The molecule has 0 saturated carbocycles. The summed E-state index contributed by atoms with van der Waals surface area (Å²) in [7, 11) is 0. The average Bonchev–Trinajstić information content (AvgIpc) is 1.96. The SMILES string of the molecule is CCC(N)C(OC(C)C)C(F)(F)F. The predicted octanol–water partition coefficient (Wildman–Crippen LogP) is 2.08. The van der Waals surface area contributed by atoms with Crippen LogP contribution >= 0.6 is 0 Å². The Kier molecular flexibility index (Phi) is 4.70. The normalized spacial score (nSPS) is 17.5. The van der Waals surface area contributed by atoms with E-state index >= 15 is 0 Å². The van der Waals surface area contributed by atoms with Crippen LogP contribution in [0.25, 0.3) is 0 Å². The Bertz CT molecular complexity index is 147. The van der Waals surface area contributed by atoms with Gasteiger partial charge in [-0.25, -0.2) is 0 Å². The first kappa shape index (κ1) is 12.7. The first-order valence-electron chi connectivity index (χ1n) is 4.26. The van der Waals surface area contributed by atoms with Crippen LogP contribution in [0.15, 0.2) is 0 Å². The summed E-state index contributed by atoms with van der Waals surface area (Å²) in [5.74, 6) is 0. The number of hydrogen-bond acceptors (Lipinski definition) is 2. The molecule has 0 radical (unpaired) electrons. The van der Waals surface area contributed by atoms with Crippen molar-refractivity contribution in [3.8, 4) is 0 Å². The topological polar surface area (TPSA) is 35.2 Å². The molecule has 0 spiro atoms. The molecule has 0 aliphatic heterocycles. The summed E-state index contributed by atoms with van der Waals surface area (Å²) in [5.41, 5.74) is 5.31. The van der Waals surface area contributed by atoms with Crippen LogP contribution in [0.4, 0.5) is 13.2 Å². The van der Waals surface area contributed by atoms with Gasteiger partial charge in [-0.3, -0.25) is 0 Å². The van der Waals surface area contributed by atoms with E-state index < -0.39 is 24.4 Å². The second kappa shape index (κ2) is 4.81. The van der Waals surface area contributed by atoms with Crippen molar-refractivity contribution in [2.45, 2.75) is 51.6 Å². The van der Waals surface area contributed by atoms with Crippen LogP contribution in [-0.2, 0) is 4.74 Å². The molecule has 2 unspecified atom stereocenters. The third kappa shape index (κ3) is 4.47. The van der Waals surface area contributed by atoms with E-state index in [1.165, 1.54) is 0 Å². The van der Waals surface area contributed by atoms with Crippen molar-refractivity contribution in [1.82, 2.24) is 0 Å². The molecule has 0 aromatic carbocycles. The van der Waals surface area contributed by atoms with E-state index in [0.717, 1.165) is 0 Å². The van der Waals surface area contributed by atoms with Gasteiger partial charge in [0.2, 0.25) is 0 Å². The van der Waals surface area contributed by atoms with E-state index in [0.29, 0.717) is 0 Å². The molecule has 2 atom stereocenters. The third-order valence-electron chi connectivity index (χ3n) is 1.60. The van der Waals surface area contributed by atoms with E-state index in [1.807, 2.05) is 0 Å². The molecule has 0 fully saturated rings. The van der Waals surface area contributed by atoms with Crippen molar-refractivity contribution in [1.29, 1.82) is 0 Å². The van der Waals surface area contributed by atoms with E-state index in [4.69, 9.17) is 10.5 Å². The van der Waals surface area contributed by atoms with Crippen molar-refractivity contribution in [3.63, 3.8) is 0 Å². The van der Waals surface area contributed by atoms with E-state index in [9.17, 15) is 13.2 Å². The molecular formula is C8H16F3NO. The van der Waals surface area contributed by atoms with Crippen LogP contribution in [0.1, 0.15) is 27.2 Å². The molecule has 0 heterocycles. The maximum Gasteiger partial charge on any atom is 0.416 e. The van der Waals surface area contributed by atoms with Crippen molar-refractivity contribution in [2.75, 3.05) is 0 Å². The van der Waals surface area contributed by atoms with Crippen LogP contribution < -0.4 is 5.73 Å². The van der Waals surface area contributed by atoms with Crippen molar-refractivity contribution in [3.05, 3.63) is 0 Å². The molecule has 0 aliphatic carbocycles. The Morgan fingerprint density at radius 2 is 1.77 bits per heavy atom.